The summed E-state index contributed by atoms with van der Waals surface area (Å²) in [5.74, 6) is -0.234. The zero-order valence-corrected chi connectivity index (χ0v) is 10.9. The van der Waals surface area contributed by atoms with Crippen molar-refractivity contribution in [1.29, 1.82) is 0 Å². The molecular weight excluding hydrogens is 276 g/mol. The molecule has 0 fully saturated rings. The molecule has 1 rings (SSSR count). The highest BCUT2D eigenvalue weighted by Crippen LogP contribution is 2.28. The highest BCUT2D eigenvalue weighted by molar-refractivity contribution is 6.32. The van der Waals surface area contributed by atoms with Crippen molar-refractivity contribution >= 4 is 23.3 Å². The molecule has 104 valence electrons. The van der Waals surface area contributed by atoms with Crippen LogP contribution in [0.1, 0.15) is 6.42 Å². The van der Waals surface area contributed by atoms with E-state index >= 15 is 0 Å². The minimum absolute atomic E-state index is 0.122. The smallest absolute Gasteiger partial charge is 0.322 e. The molecule has 0 aliphatic rings. The van der Waals surface area contributed by atoms with Crippen LogP contribution >= 0.6 is 11.6 Å². The van der Waals surface area contributed by atoms with Gasteiger partial charge in [0.05, 0.1) is 23.7 Å². The Hall–Kier alpha value is -1.86. The molecule has 1 unspecified atom stereocenters. The maximum absolute atomic E-state index is 11.0. The molecule has 0 spiro atoms. The van der Waals surface area contributed by atoms with Crippen molar-refractivity contribution in [3.63, 3.8) is 0 Å². The van der Waals surface area contributed by atoms with E-state index in [1.54, 1.807) is 0 Å². The van der Waals surface area contributed by atoms with E-state index in [1.165, 1.54) is 25.3 Å². The number of nitrogens with two attached hydrogens (primary N) is 1. The highest BCUT2D eigenvalue weighted by Gasteiger charge is 2.14. The molecule has 1 atom stereocenters. The van der Waals surface area contributed by atoms with E-state index in [0.29, 0.717) is 5.75 Å². The Morgan fingerprint density at radius 1 is 1.58 bits per heavy atom. The van der Waals surface area contributed by atoms with E-state index in [1.807, 2.05) is 0 Å². The van der Waals surface area contributed by atoms with Crippen molar-refractivity contribution in [1.82, 2.24) is 0 Å². The van der Waals surface area contributed by atoms with Crippen molar-refractivity contribution in [3.8, 4) is 5.75 Å². The average Bonchev–Trinajstić information content (AvgIpc) is 2.39. The molecular formula is C11H13ClN2O5. The quantitative estimate of drug-likeness (QED) is 0.483. The van der Waals surface area contributed by atoms with Crippen molar-refractivity contribution in [2.75, 3.05) is 13.7 Å². The summed E-state index contributed by atoms with van der Waals surface area (Å²) >= 11 is 5.83. The van der Waals surface area contributed by atoms with Crippen LogP contribution in [0.15, 0.2) is 18.2 Å². The van der Waals surface area contributed by atoms with Crippen LogP contribution in [0.2, 0.25) is 5.02 Å². The van der Waals surface area contributed by atoms with Gasteiger partial charge in [-0.05, 0) is 6.07 Å². The molecule has 8 heteroatoms. The van der Waals surface area contributed by atoms with E-state index in [9.17, 15) is 14.9 Å². The number of halogens is 1. The van der Waals surface area contributed by atoms with Gasteiger partial charge in [0.2, 0.25) is 0 Å². The molecule has 2 N–H and O–H groups in total. The Labute approximate surface area is 114 Å². The van der Waals surface area contributed by atoms with E-state index in [4.69, 9.17) is 22.1 Å². The minimum atomic E-state index is -0.776. The largest absolute Gasteiger partial charge is 0.492 e. The summed E-state index contributed by atoms with van der Waals surface area (Å²) in [6.45, 7) is 0.147. The number of rotatable bonds is 6. The van der Waals surface area contributed by atoms with E-state index < -0.39 is 16.9 Å². The van der Waals surface area contributed by atoms with Gasteiger partial charge in [0.1, 0.15) is 11.8 Å². The Bertz CT molecular complexity index is 480. The van der Waals surface area contributed by atoms with Gasteiger partial charge in [-0.3, -0.25) is 14.9 Å². The van der Waals surface area contributed by atoms with Gasteiger partial charge >= 0.3 is 5.97 Å². The maximum atomic E-state index is 11.0. The SMILES string of the molecule is COC(=O)C(N)CCOc1ccc([N+](=O)[O-])cc1Cl. The molecule has 0 aliphatic carbocycles. The van der Waals surface area contributed by atoms with Gasteiger partial charge in [0, 0.05) is 18.6 Å². The molecule has 0 amide bonds. The monoisotopic (exact) mass is 288 g/mol. The Kier molecular flexibility index (Phi) is 5.53. The molecule has 1 aromatic carbocycles. The summed E-state index contributed by atoms with van der Waals surface area (Å²) in [6.07, 6.45) is 0.250. The molecule has 0 saturated carbocycles. The lowest BCUT2D eigenvalue weighted by Gasteiger charge is -2.11. The Balaban J connectivity index is 2.54. The fourth-order valence-electron chi connectivity index (χ4n) is 1.29. The highest BCUT2D eigenvalue weighted by atomic mass is 35.5. The number of nitrogens with zero attached hydrogens (tertiary/aromatic N) is 1. The standard InChI is InChI=1S/C11H13ClN2O5/c1-18-11(15)9(13)4-5-19-10-3-2-7(14(16)17)6-8(10)12/h2-3,6,9H,4-5,13H2,1H3. The predicted octanol–water partition coefficient (Wildman–Crippen LogP) is 1.52. The molecule has 7 nitrogen and oxygen atoms in total. The number of ether oxygens (including phenoxy) is 2. The number of carbonyl (C=O) groups excluding carboxylic acids is 1. The second-order valence-electron chi connectivity index (χ2n) is 3.64. The van der Waals surface area contributed by atoms with Crippen LogP contribution in [0.3, 0.4) is 0 Å². The predicted molar refractivity (Wildman–Crippen MR) is 68.2 cm³/mol. The van der Waals surface area contributed by atoms with Crippen LogP contribution in [0, 0.1) is 10.1 Å². The second-order valence-corrected chi connectivity index (χ2v) is 4.05. The lowest BCUT2D eigenvalue weighted by Crippen LogP contribution is -2.33. The van der Waals surface area contributed by atoms with Crippen molar-refractivity contribution in [2.24, 2.45) is 5.73 Å². The van der Waals surface area contributed by atoms with Crippen molar-refractivity contribution in [3.05, 3.63) is 33.3 Å². The first-order valence-electron chi connectivity index (χ1n) is 5.36. The van der Waals surface area contributed by atoms with E-state index in [2.05, 4.69) is 4.74 Å². The number of methoxy groups -OCH3 is 1. The number of nitro groups is 1. The van der Waals surface area contributed by atoms with Gasteiger partial charge in [-0.15, -0.1) is 0 Å². The molecule has 0 heterocycles. The fraction of sp³-hybridized carbons (Fsp3) is 0.364. The Morgan fingerprint density at radius 3 is 2.79 bits per heavy atom. The fourth-order valence-corrected chi connectivity index (χ4v) is 1.51. The lowest BCUT2D eigenvalue weighted by molar-refractivity contribution is -0.384. The van der Waals surface area contributed by atoms with Gasteiger partial charge in [0.25, 0.3) is 5.69 Å². The van der Waals surface area contributed by atoms with E-state index in [0.717, 1.165) is 0 Å². The van der Waals surface area contributed by atoms with Gasteiger partial charge < -0.3 is 15.2 Å². The zero-order valence-electron chi connectivity index (χ0n) is 10.2. The first kappa shape index (κ1) is 15.2. The third kappa shape index (κ3) is 4.38. The van der Waals surface area contributed by atoms with Crippen LogP contribution in [0.5, 0.6) is 5.75 Å². The summed E-state index contributed by atoms with van der Waals surface area (Å²) in [7, 11) is 1.25. The summed E-state index contributed by atoms with van der Waals surface area (Å²) in [5, 5.41) is 10.6. The Morgan fingerprint density at radius 2 is 2.26 bits per heavy atom. The second kappa shape index (κ2) is 6.91. The zero-order chi connectivity index (χ0) is 14.4. The number of carbonyl (C=O) groups is 1. The number of non-ortho nitro benzene ring substituents is 1. The molecule has 19 heavy (non-hydrogen) atoms. The van der Waals surface area contributed by atoms with Crippen LogP contribution < -0.4 is 10.5 Å². The van der Waals surface area contributed by atoms with Crippen molar-refractivity contribution < 1.29 is 19.2 Å². The summed E-state index contributed by atoms with van der Waals surface area (Å²) in [6, 6.07) is 3.09. The van der Waals surface area contributed by atoms with Gasteiger partial charge in [-0.1, -0.05) is 11.6 Å². The number of nitro benzene ring substituents is 1. The van der Waals surface area contributed by atoms with Gasteiger partial charge in [-0.25, -0.2) is 0 Å². The number of hydrogen-bond donors (Lipinski definition) is 1. The minimum Gasteiger partial charge on any atom is -0.492 e. The van der Waals surface area contributed by atoms with Crippen molar-refractivity contribution in [2.45, 2.75) is 12.5 Å². The summed E-state index contributed by atoms with van der Waals surface area (Å²) in [4.78, 5) is 21.0. The summed E-state index contributed by atoms with van der Waals surface area (Å²) < 4.78 is 9.75. The lowest BCUT2D eigenvalue weighted by atomic mass is 10.2. The topological polar surface area (TPSA) is 105 Å². The molecule has 0 aromatic heterocycles. The number of benzene rings is 1. The number of esters is 1. The van der Waals surface area contributed by atoms with Crippen LogP contribution in [-0.4, -0.2) is 30.7 Å². The normalized spacial score (nSPS) is 11.7. The summed E-state index contributed by atoms with van der Waals surface area (Å²) in [5.41, 5.74) is 5.40. The maximum Gasteiger partial charge on any atom is 0.322 e. The van der Waals surface area contributed by atoms with E-state index in [-0.39, 0.29) is 23.7 Å². The first-order valence-corrected chi connectivity index (χ1v) is 5.73. The van der Waals surface area contributed by atoms with Crippen LogP contribution in [0.4, 0.5) is 5.69 Å². The molecule has 1 aromatic rings. The van der Waals surface area contributed by atoms with Gasteiger partial charge in [0.15, 0.2) is 0 Å². The van der Waals surface area contributed by atoms with Crippen LogP contribution in [0.25, 0.3) is 0 Å². The third-order valence-electron chi connectivity index (χ3n) is 2.32. The molecule has 0 saturated heterocycles. The number of hydrogen-bond acceptors (Lipinski definition) is 6. The third-order valence-corrected chi connectivity index (χ3v) is 2.61. The molecule has 0 aliphatic heterocycles. The molecule has 0 radical (unpaired) electrons. The first-order chi connectivity index (χ1) is 8.95. The van der Waals surface area contributed by atoms with Crippen LogP contribution in [-0.2, 0) is 9.53 Å². The average molecular weight is 289 g/mol. The van der Waals surface area contributed by atoms with Gasteiger partial charge in [-0.2, -0.15) is 0 Å². The molecule has 0 bridgehead atoms.